The van der Waals surface area contributed by atoms with Gasteiger partial charge in [-0.1, -0.05) is 17.7 Å². The van der Waals surface area contributed by atoms with Crippen molar-refractivity contribution in [3.05, 3.63) is 41.7 Å². The number of aryl methyl sites for hydroxylation is 1. The number of allylic oxidation sites excluding steroid dienone is 1. The second kappa shape index (κ2) is 5.84. The lowest BCUT2D eigenvalue weighted by molar-refractivity contribution is -0.116. The molecule has 4 nitrogen and oxygen atoms in total. The van der Waals surface area contributed by atoms with Crippen molar-refractivity contribution in [2.45, 2.75) is 45.7 Å². The lowest BCUT2D eigenvalue weighted by atomic mass is 10.1. The van der Waals surface area contributed by atoms with E-state index in [4.69, 9.17) is 0 Å². The van der Waals surface area contributed by atoms with Crippen LogP contribution in [0.3, 0.4) is 0 Å². The van der Waals surface area contributed by atoms with Gasteiger partial charge in [-0.25, -0.2) is 4.98 Å². The van der Waals surface area contributed by atoms with Crippen molar-refractivity contribution in [1.29, 1.82) is 0 Å². The van der Waals surface area contributed by atoms with Gasteiger partial charge in [-0.2, -0.15) is 0 Å². The molecule has 23 heavy (non-hydrogen) atoms. The van der Waals surface area contributed by atoms with E-state index in [0.29, 0.717) is 18.4 Å². The van der Waals surface area contributed by atoms with Gasteiger partial charge in [0.2, 0.25) is 5.91 Å². The van der Waals surface area contributed by atoms with Crippen molar-refractivity contribution in [2.75, 3.05) is 0 Å². The van der Waals surface area contributed by atoms with Crippen LogP contribution in [0, 0.1) is 11.8 Å². The summed E-state index contributed by atoms with van der Waals surface area (Å²) in [5.74, 6) is 2.34. The van der Waals surface area contributed by atoms with Crippen molar-refractivity contribution in [2.24, 2.45) is 11.8 Å². The molecule has 0 saturated heterocycles. The minimum absolute atomic E-state index is 0.0357. The Bertz CT molecular complexity index is 752. The van der Waals surface area contributed by atoms with E-state index >= 15 is 0 Å². The van der Waals surface area contributed by atoms with Crippen molar-refractivity contribution in [3.63, 3.8) is 0 Å². The number of nitrogens with one attached hydrogen (secondary N) is 1. The number of nitrogens with zero attached hydrogens (tertiary/aromatic N) is 2. The highest BCUT2D eigenvalue weighted by molar-refractivity contribution is 5.88. The second-order valence-corrected chi connectivity index (χ2v) is 6.67. The van der Waals surface area contributed by atoms with Crippen LogP contribution < -0.4 is 5.32 Å². The van der Waals surface area contributed by atoms with Gasteiger partial charge in [0.05, 0.1) is 17.6 Å². The average Bonchev–Trinajstić information content (AvgIpc) is 3.46. The number of fused-ring (bicyclic) bond motifs is 1. The number of amides is 1. The Morgan fingerprint density at radius 3 is 2.61 bits per heavy atom. The Hall–Kier alpha value is -2.10. The first-order valence-corrected chi connectivity index (χ1v) is 8.69. The maximum atomic E-state index is 12.3. The molecule has 0 radical (unpaired) electrons. The van der Waals surface area contributed by atoms with E-state index in [1.807, 2.05) is 24.3 Å². The van der Waals surface area contributed by atoms with Gasteiger partial charge in [-0.3, -0.25) is 4.79 Å². The number of rotatable bonds is 6. The molecular formula is C19H23N3O. The normalized spacial score (nSPS) is 17.3. The number of imidazole rings is 1. The monoisotopic (exact) mass is 309 g/mol. The first kappa shape index (κ1) is 14.5. The van der Waals surface area contributed by atoms with Crippen LogP contribution in [0.2, 0.25) is 0 Å². The maximum absolute atomic E-state index is 12.3. The van der Waals surface area contributed by atoms with E-state index in [1.165, 1.54) is 31.3 Å². The number of benzene rings is 1. The number of carbonyl (C=O) groups excluding carboxylic acids is 1. The van der Waals surface area contributed by atoms with Crippen molar-refractivity contribution in [1.82, 2.24) is 14.9 Å². The number of aromatic nitrogens is 2. The number of hydrogen-bond acceptors (Lipinski definition) is 2. The van der Waals surface area contributed by atoms with Crippen molar-refractivity contribution < 1.29 is 4.79 Å². The van der Waals surface area contributed by atoms with Gasteiger partial charge >= 0.3 is 0 Å². The van der Waals surface area contributed by atoms with Crippen molar-refractivity contribution >= 4 is 16.9 Å². The van der Waals surface area contributed by atoms with Gasteiger partial charge < -0.3 is 9.88 Å². The molecule has 4 rings (SSSR count). The third kappa shape index (κ3) is 3.03. The fraction of sp³-hybridized carbons (Fsp3) is 0.474. The lowest BCUT2D eigenvalue weighted by Gasteiger charge is -2.08. The maximum Gasteiger partial charge on any atom is 0.244 e. The van der Waals surface area contributed by atoms with Gasteiger partial charge in [0.1, 0.15) is 5.82 Å². The Kier molecular flexibility index (Phi) is 3.68. The van der Waals surface area contributed by atoms with Crippen LogP contribution in [0.25, 0.3) is 11.0 Å². The molecule has 1 N–H and O–H groups in total. The van der Waals surface area contributed by atoms with Crippen LogP contribution in [0.5, 0.6) is 0 Å². The van der Waals surface area contributed by atoms with Gasteiger partial charge in [0, 0.05) is 12.6 Å². The highest BCUT2D eigenvalue weighted by Crippen LogP contribution is 2.48. The van der Waals surface area contributed by atoms with E-state index < -0.39 is 0 Å². The summed E-state index contributed by atoms with van der Waals surface area (Å²) in [6.45, 7) is 3.45. The first-order chi connectivity index (χ1) is 11.3. The van der Waals surface area contributed by atoms with E-state index in [0.717, 1.165) is 23.4 Å². The number of hydrogen-bond donors (Lipinski definition) is 1. The van der Waals surface area contributed by atoms with Gasteiger partial charge in [-0.05, 0) is 56.6 Å². The van der Waals surface area contributed by atoms with Crippen LogP contribution >= 0.6 is 0 Å². The van der Waals surface area contributed by atoms with E-state index in [9.17, 15) is 4.79 Å². The predicted octanol–water partition coefficient (Wildman–Crippen LogP) is 3.42. The molecule has 1 heterocycles. The molecule has 0 atom stereocenters. The van der Waals surface area contributed by atoms with Crippen LogP contribution in [0.4, 0.5) is 0 Å². The predicted molar refractivity (Wildman–Crippen MR) is 90.8 cm³/mol. The highest BCUT2D eigenvalue weighted by atomic mass is 16.1. The quantitative estimate of drug-likeness (QED) is 0.831. The van der Waals surface area contributed by atoms with Gasteiger partial charge in [0.15, 0.2) is 0 Å². The molecule has 4 heteroatoms. The summed E-state index contributed by atoms with van der Waals surface area (Å²) in [6.07, 6.45) is 6.93. The third-order valence-electron chi connectivity index (χ3n) is 4.87. The highest BCUT2D eigenvalue weighted by Gasteiger charge is 2.36. The number of para-hydroxylation sites is 2. The van der Waals surface area contributed by atoms with E-state index in [2.05, 4.69) is 27.9 Å². The fourth-order valence-electron chi connectivity index (χ4n) is 3.38. The Balaban J connectivity index is 1.48. The van der Waals surface area contributed by atoms with Crippen LogP contribution in [0.1, 0.15) is 38.4 Å². The average molecular weight is 309 g/mol. The summed E-state index contributed by atoms with van der Waals surface area (Å²) in [7, 11) is 0. The van der Waals surface area contributed by atoms with E-state index in [1.54, 1.807) is 0 Å². The molecule has 0 aliphatic heterocycles. The van der Waals surface area contributed by atoms with Crippen molar-refractivity contribution in [3.8, 4) is 0 Å². The molecule has 1 aromatic carbocycles. The Labute approximate surface area is 136 Å². The zero-order chi connectivity index (χ0) is 15.8. The minimum Gasteiger partial charge on any atom is -0.345 e. The van der Waals surface area contributed by atoms with Gasteiger partial charge in [-0.15, -0.1) is 0 Å². The summed E-state index contributed by atoms with van der Waals surface area (Å²) in [5, 5.41) is 3.03. The SMILES string of the molecule is CCn1c(CNC(=O)C=C(C2CC2)C2CC2)nc2ccccc21. The third-order valence-corrected chi connectivity index (χ3v) is 4.87. The smallest absolute Gasteiger partial charge is 0.244 e. The van der Waals surface area contributed by atoms with Crippen LogP contribution in [-0.4, -0.2) is 15.5 Å². The molecule has 2 aliphatic rings. The molecule has 2 fully saturated rings. The lowest BCUT2D eigenvalue weighted by Crippen LogP contribution is -2.23. The second-order valence-electron chi connectivity index (χ2n) is 6.67. The molecule has 0 bridgehead atoms. The largest absolute Gasteiger partial charge is 0.345 e. The van der Waals surface area contributed by atoms with Crippen LogP contribution in [-0.2, 0) is 17.9 Å². The zero-order valence-electron chi connectivity index (χ0n) is 13.6. The Morgan fingerprint density at radius 2 is 1.96 bits per heavy atom. The molecule has 1 aromatic heterocycles. The Morgan fingerprint density at radius 1 is 1.26 bits per heavy atom. The summed E-state index contributed by atoms with van der Waals surface area (Å²) in [5.41, 5.74) is 3.52. The molecule has 2 aliphatic carbocycles. The topological polar surface area (TPSA) is 46.9 Å². The standard InChI is InChI=1S/C19H23N3O/c1-2-22-17-6-4-3-5-16(17)21-18(22)12-20-19(23)11-15(13-7-8-13)14-9-10-14/h3-6,11,13-14H,2,7-10,12H2,1H3,(H,20,23). The van der Waals surface area contributed by atoms with E-state index in [-0.39, 0.29) is 5.91 Å². The first-order valence-electron chi connectivity index (χ1n) is 8.69. The molecule has 2 aromatic rings. The molecular weight excluding hydrogens is 286 g/mol. The summed E-state index contributed by atoms with van der Waals surface area (Å²) < 4.78 is 2.17. The fourth-order valence-corrected chi connectivity index (χ4v) is 3.38. The molecule has 0 spiro atoms. The molecule has 2 saturated carbocycles. The summed E-state index contributed by atoms with van der Waals surface area (Å²) >= 11 is 0. The molecule has 1 amide bonds. The van der Waals surface area contributed by atoms with Crippen LogP contribution in [0.15, 0.2) is 35.9 Å². The molecule has 120 valence electrons. The van der Waals surface area contributed by atoms with Gasteiger partial charge in [0.25, 0.3) is 0 Å². The summed E-state index contributed by atoms with van der Waals surface area (Å²) in [6, 6.07) is 8.12. The zero-order valence-corrected chi connectivity index (χ0v) is 13.6. The number of carbonyl (C=O) groups is 1. The summed E-state index contributed by atoms with van der Waals surface area (Å²) in [4.78, 5) is 16.9. The molecule has 0 unspecified atom stereocenters. The minimum atomic E-state index is 0.0357.